The Morgan fingerprint density at radius 1 is 1.08 bits per heavy atom. The highest BCUT2D eigenvalue weighted by molar-refractivity contribution is 8.03. The van der Waals surface area contributed by atoms with Crippen LogP contribution in [0.2, 0.25) is 0 Å². The molecule has 0 aliphatic carbocycles. The average molecular weight is 370 g/mol. The topological polar surface area (TPSA) is 76.2 Å². The molecule has 5 nitrogen and oxygen atoms in total. The summed E-state index contributed by atoms with van der Waals surface area (Å²) in [4.78, 5) is 12.8. The normalized spacial score (nSPS) is 11.5. The van der Waals surface area contributed by atoms with Gasteiger partial charge in [0.15, 0.2) is 0 Å². The second-order valence-corrected chi connectivity index (χ2v) is 6.80. The predicted octanol–water partition coefficient (Wildman–Crippen LogP) is 4.68. The smallest absolute Gasteiger partial charge is 0.342 e. The monoisotopic (exact) mass is 370 g/mol. The molecule has 0 aliphatic heterocycles. The standard InChI is InChI=1S/C18H14N2O3S2/c1-24-14-9-7-12(8-10-14)11-15(17(21)22)25-18-20-19-16(23-18)13-5-3-2-4-6-13/h2-11H,1H3,(H,21,22). The van der Waals surface area contributed by atoms with E-state index in [9.17, 15) is 9.90 Å². The number of benzene rings is 2. The molecule has 0 amide bonds. The van der Waals surface area contributed by atoms with E-state index in [0.29, 0.717) is 5.89 Å². The molecule has 126 valence electrons. The summed E-state index contributed by atoms with van der Waals surface area (Å²) in [5, 5.41) is 17.5. The van der Waals surface area contributed by atoms with Gasteiger partial charge in [0.1, 0.15) is 4.91 Å². The fourth-order valence-electron chi connectivity index (χ4n) is 2.03. The second-order valence-electron chi connectivity index (χ2n) is 4.93. The Hall–Kier alpha value is -2.51. The summed E-state index contributed by atoms with van der Waals surface area (Å²) >= 11 is 2.56. The van der Waals surface area contributed by atoms with Crippen molar-refractivity contribution in [3.8, 4) is 11.5 Å². The molecule has 3 rings (SSSR count). The van der Waals surface area contributed by atoms with Crippen molar-refractivity contribution in [1.82, 2.24) is 10.2 Å². The number of carboxylic acid groups (broad SMARTS) is 1. The Bertz CT molecular complexity index is 890. The molecular formula is C18H14N2O3S2. The summed E-state index contributed by atoms with van der Waals surface area (Å²) in [6.45, 7) is 0. The van der Waals surface area contributed by atoms with E-state index in [-0.39, 0.29) is 10.1 Å². The fourth-order valence-corrected chi connectivity index (χ4v) is 3.11. The van der Waals surface area contributed by atoms with Crippen LogP contribution in [0.3, 0.4) is 0 Å². The molecule has 1 aromatic heterocycles. The molecule has 1 N–H and O–H groups in total. The number of aromatic nitrogens is 2. The molecule has 1 heterocycles. The third-order valence-corrected chi connectivity index (χ3v) is 4.84. The molecule has 0 saturated heterocycles. The van der Waals surface area contributed by atoms with E-state index < -0.39 is 5.97 Å². The number of rotatable bonds is 6. The van der Waals surface area contributed by atoms with E-state index in [1.165, 1.54) is 0 Å². The molecule has 0 bridgehead atoms. The second kappa shape index (κ2) is 8.04. The zero-order valence-electron chi connectivity index (χ0n) is 13.2. The first-order valence-corrected chi connectivity index (χ1v) is 9.35. The molecule has 3 aromatic rings. The van der Waals surface area contributed by atoms with Crippen molar-refractivity contribution in [3.63, 3.8) is 0 Å². The van der Waals surface area contributed by atoms with E-state index in [2.05, 4.69) is 10.2 Å². The Morgan fingerprint density at radius 3 is 2.44 bits per heavy atom. The summed E-state index contributed by atoms with van der Waals surface area (Å²) in [6, 6.07) is 17.0. The molecule has 0 unspecified atom stereocenters. The van der Waals surface area contributed by atoms with Gasteiger partial charge in [-0.25, -0.2) is 4.79 Å². The van der Waals surface area contributed by atoms with Crippen molar-refractivity contribution >= 4 is 35.6 Å². The van der Waals surface area contributed by atoms with Crippen LogP contribution >= 0.6 is 23.5 Å². The lowest BCUT2D eigenvalue weighted by atomic mass is 10.2. The Labute approximate surface area is 153 Å². The number of hydrogen-bond donors (Lipinski definition) is 1. The summed E-state index contributed by atoms with van der Waals surface area (Å²) < 4.78 is 5.56. The first kappa shape index (κ1) is 17.3. The summed E-state index contributed by atoms with van der Waals surface area (Å²) in [6.07, 6.45) is 3.58. The van der Waals surface area contributed by atoms with Gasteiger partial charge in [-0.2, -0.15) is 0 Å². The van der Waals surface area contributed by atoms with Crippen molar-refractivity contribution < 1.29 is 14.3 Å². The fraction of sp³-hybridized carbons (Fsp3) is 0.0556. The Kier molecular flexibility index (Phi) is 5.57. The van der Waals surface area contributed by atoms with Gasteiger partial charge >= 0.3 is 5.97 Å². The van der Waals surface area contributed by atoms with Crippen LogP contribution in [0.1, 0.15) is 5.56 Å². The highest BCUT2D eigenvalue weighted by atomic mass is 32.2. The van der Waals surface area contributed by atoms with Crippen LogP contribution in [0.25, 0.3) is 17.5 Å². The quantitative estimate of drug-likeness (QED) is 0.499. The third-order valence-electron chi connectivity index (χ3n) is 3.25. The van der Waals surface area contributed by atoms with Gasteiger partial charge in [0.2, 0.25) is 5.89 Å². The zero-order chi connectivity index (χ0) is 17.6. The van der Waals surface area contributed by atoms with Crippen molar-refractivity contribution in [2.45, 2.75) is 10.1 Å². The molecule has 0 atom stereocenters. The Morgan fingerprint density at radius 2 is 1.80 bits per heavy atom. The van der Waals surface area contributed by atoms with Gasteiger partial charge in [-0.15, -0.1) is 22.0 Å². The van der Waals surface area contributed by atoms with Crippen LogP contribution in [0, 0.1) is 0 Å². The summed E-state index contributed by atoms with van der Waals surface area (Å²) in [7, 11) is 0. The zero-order valence-corrected chi connectivity index (χ0v) is 14.9. The molecule has 7 heteroatoms. The lowest BCUT2D eigenvalue weighted by Gasteiger charge is -2.00. The van der Waals surface area contributed by atoms with Gasteiger partial charge in [-0.05, 0) is 53.9 Å². The molecule has 0 radical (unpaired) electrons. The van der Waals surface area contributed by atoms with Crippen LogP contribution in [0.4, 0.5) is 0 Å². The minimum Gasteiger partial charge on any atom is -0.477 e. The highest BCUT2D eigenvalue weighted by Crippen LogP contribution is 2.30. The lowest BCUT2D eigenvalue weighted by Crippen LogP contribution is -1.96. The van der Waals surface area contributed by atoms with Gasteiger partial charge in [0.25, 0.3) is 5.22 Å². The maximum absolute atomic E-state index is 11.5. The molecule has 0 fully saturated rings. The number of carbonyl (C=O) groups is 1. The molecule has 0 saturated carbocycles. The van der Waals surface area contributed by atoms with Crippen molar-refractivity contribution in [1.29, 1.82) is 0 Å². The van der Waals surface area contributed by atoms with Gasteiger partial charge in [-0.3, -0.25) is 0 Å². The molecule has 0 aliphatic rings. The summed E-state index contributed by atoms with van der Waals surface area (Å²) in [5.74, 6) is -0.685. The van der Waals surface area contributed by atoms with Gasteiger partial charge in [0.05, 0.1) is 0 Å². The largest absolute Gasteiger partial charge is 0.477 e. The van der Waals surface area contributed by atoms with Crippen LogP contribution in [-0.4, -0.2) is 27.5 Å². The number of hydrogen-bond acceptors (Lipinski definition) is 6. The molecule has 0 spiro atoms. The molecule has 2 aromatic carbocycles. The number of carboxylic acids is 1. The van der Waals surface area contributed by atoms with E-state index in [1.54, 1.807) is 17.8 Å². The van der Waals surface area contributed by atoms with Gasteiger partial charge < -0.3 is 9.52 Å². The first-order chi connectivity index (χ1) is 12.2. The molecule has 25 heavy (non-hydrogen) atoms. The number of aliphatic carboxylic acids is 1. The maximum Gasteiger partial charge on any atom is 0.342 e. The predicted molar refractivity (Wildman–Crippen MR) is 99.4 cm³/mol. The highest BCUT2D eigenvalue weighted by Gasteiger charge is 2.15. The average Bonchev–Trinajstić information content (AvgIpc) is 3.11. The minimum atomic E-state index is -1.04. The van der Waals surface area contributed by atoms with Crippen LogP contribution in [0.15, 0.2) is 74.0 Å². The number of nitrogens with zero attached hydrogens (tertiary/aromatic N) is 2. The van der Waals surface area contributed by atoms with Crippen LogP contribution in [0.5, 0.6) is 0 Å². The van der Waals surface area contributed by atoms with E-state index >= 15 is 0 Å². The SMILES string of the molecule is CSc1ccc(C=C(Sc2nnc(-c3ccccc3)o2)C(=O)O)cc1. The summed E-state index contributed by atoms with van der Waals surface area (Å²) in [5.41, 5.74) is 1.58. The molecular weight excluding hydrogens is 356 g/mol. The lowest BCUT2D eigenvalue weighted by molar-refractivity contribution is -0.131. The van der Waals surface area contributed by atoms with Gasteiger partial charge in [0, 0.05) is 10.5 Å². The maximum atomic E-state index is 11.5. The van der Waals surface area contributed by atoms with E-state index in [1.807, 2.05) is 60.9 Å². The van der Waals surface area contributed by atoms with Gasteiger partial charge in [-0.1, -0.05) is 30.3 Å². The third kappa shape index (κ3) is 4.52. The first-order valence-electron chi connectivity index (χ1n) is 7.31. The number of thioether (sulfide) groups is 2. The van der Waals surface area contributed by atoms with Crippen molar-refractivity contribution in [2.24, 2.45) is 0 Å². The van der Waals surface area contributed by atoms with Crippen LogP contribution < -0.4 is 0 Å². The van der Waals surface area contributed by atoms with E-state index in [4.69, 9.17) is 4.42 Å². The van der Waals surface area contributed by atoms with Crippen molar-refractivity contribution in [3.05, 3.63) is 65.1 Å². The van der Waals surface area contributed by atoms with E-state index in [0.717, 1.165) is 27.8 Å². The Balaban J connectivity index is 1.81. The van der Waals surface area contributed by atoms with Crippen molar-refractivity contribution in [2.75, 3.05) is 6.26 Å². The van der Waals surface area contributed by atoms with Crippen LogP contribution in [-0.2, 0) is 4.79 Å². The minimum absolute atomic E-state index is 0.111.